The Morgan fingerprint density at radius 3 is 2.62 bits per heavy atom. The van der Waals surface area contributed by atoms with E-state index in [-0.39, 0.29) is 16.5 Å². The number of thiazole rings is 1. The van der Waals surface area contributed by atoms with Gasteiger partial charge in [0, 0.05) is 6.54 Å². The van der Waals surface area contributed by atoms with E-state index in [2.05, 4.69) is 15.2 Å². The highest BCUT2D eigenvalue weighted by Crippen LogP contribution is 2.31. The molecule has 2 heterocycles. The number of aromatic nitrogens is 1. The standard InChI is InChI=1S/C19H23F2N3OS/c1-13-17(18(25)22-9-2-3-10-24-11-4-5-12-24)26-19(23-13)16-14(20)7-6-8-15(16)21/h6-8H,2-5,9-12H2,1H3,(H,22,25). The first-order valence-corrected chi connectivity index (χ1v) is 9.80. The van der Waals surface area contributed by atoms with Crippen molar-refractivity contribution in [1.82, 2.24) is 15.2 Å². The monoisotopic (exact) mass is 379 g/mol. The Labute approximate surface area is 156 Å². The first-order valence-electron chi connectivity index (χ1n) is 8.98. The number of halogens is 2. The van der Waals surface area contributed by atoms with Gasteiger partial charge < -0.3 is 10.2 Å². The second kappa shape index (κ2) is 8.68. The second-order valence-electron chi connectivity index (χ2n) is 6.54. The predicted molar refractivity (Wildman–Crippen MR) is 99.4 cm³/mol. The third-order valence-corrected chi connectivity index (χ3v) is 5.74. The summed E-state index contributed by atoms with van der Waals surface area (Å²) >= 11 is 1.02. The Bertz CT molecular complexity index is 752. The quantitative estimate of drug-likeness (QED) is 0.740. The van der Waals surface area contributed by atoms with Gasteiger partial charge in [0.05, 0.1) is 11.3 Å². The largest absolute Gasteiger partial charge is 0.351 e. The molecule has 7 heteroatoms. The first-order chi connectivity index (χ1) is 12.6. The number of benzene rings is 1. The van der Waals surface area contributed by atoms with Crippen LogP contribution in [0.2, 0.25) is 0 Å². The van der Waals surface area contributed by atoms with Crippen LogP contribution in [-0.2, 0) is 0 Å². The minimum absolute atomic E-state index is 0.176. The number of hydrogen-bond acceptors (Lipinski definition) is 4. The number of rotatable bonds is 7. The molecular formula is C19H23F2N3OS. The van der Waals surface area contributed by atoms with Gasteiger partial charge in [0.1, 0.15) is 21.5 Å². The Balaban J connectivity index is 1.55. The van der Waals surface area contributed by atoms with Crippen molar-refractivity contribution < 1.29 is 13.6 Å². The number of hydrogen-bond donors (Lipinski definition) is 1. The fourth-order valence-electron chi connectivity index (χ4n) is 3.16. The molecule has 1 fully saturated rings. The van der Waals surface area contributed by atoms with Gasteiger partial charge in [0.15, 0.2) is 0 Å². The molecule has 1 saturated heterocycles. The third-order valence-electron chi connectivity index (χ3n) is 4.56. The van der Waals surface area contributed by atoms with E-state index < -0.39 is 11.6 Å². The van der Waals surface area contributed by atoms with E-state index in [0.29, 0.717) is 17.1 Å². The Morgan fingerprint density at radius 2 is 1.92 bits per heavy atom. The summed E-state index contributed by atoms with van der Waals surface area (Å²) < 4.78 is 27.8. The SMILES string of the molecule is Cc1nc(-c2c(F)cccc2F)sc1C(=O)NCCCCN1CCCC1. The van der Waals surface area contributed by atoms with Crippen LogP contribution in [-0.4, -0.2) is 42.0 Å². The number of aryl methyl sites for hydroxylation is 1. The summed E-state index contributed by atoms with van der Waals surface area (Å²) in [6, 6.07) is 3.69. The van der Waals surface area contributed by atoms with E-state index in [9.17, 15) is 13.6 Å². The van der Waals surface area contributed by atoms with E-state index in [1.807, 2.05) is 0 Å². The van der Waals surface area contributed by atoms with E-state index >= 15 is 0 Å². The summed E-state index contributed by atoms with van der Waals surface area (Å²) in [6.45, 7) is 5.71. The van der Waals surface area contributed by atoms with Crippen molar-refractivity contribution in [2.24, 2.45) is 0 Å². The zero-order valence-electron chi connectivity index (χ0n) is 14.9. The van der Waals surface area contributed by atoms with E-state index in [1.165, 1.54) is 44.1 Å². The van der Waals surface area contributed by atoms with E-state index in [1.54, 1.807) is 6.92 Å². The smallest absolute Gasteiger partial charge is 0.263 e. The van der Waals surface area contributed by atoms with Crippen LogP contribution in [0.5, 0.6) is 0 Å². The number of nitrogens with zero attached hydrogens (tertiary/aromatic N) is 2. The van der Waals surface area contributed by atoms with Gasteiger partial charge in [-0.05, 0) is 64.4 Å². The van der Waals surface area contributed by atoms with Crippen LogP contribution >= 0.6 is 11.3 Å². The van der Waals surface area contributed by atoms with Crippen molar-refractivity contribution in [1.29, 1.82) is 0 Å². The lowest BCUT2D eigenvalue weighted by atomic mass is 10.2. The van der Waals surface area contributed by atoms with Crippen molar-refractivity contribution in [3.8, 4) is 10.6 Å². The number of carbonyl (C=O) groups is 1. The lowest BCUT2D eigenvalue weighted by Gasteiger charge is -2.13. The number of carbonyl (C=O) groups excluding carboxylic acids is 1. The topological polar surface area (TPSA) is 45.2 Å². The molecule has 0 bridgehead atoms. The molecule has 3 rings (SSSR count). The second-order valence-corrected chi connectivity index (χ2v) is 7.54. The van der Waals surface area contributed by atoms with Crippen molar-refractivity contribution in [2.45, 2.75) is 32.6 Å². The van der Waals surface area contributed by atoms with Crippen LogP contribution in [0.15, 0.2) is 18.2 Å². The van der Waals surface area contributed by atoms with Crippen molar-refractivity contribution >= 4 is 17.2 Å². The molecule has 1 aromatic carbocycles. The van der Waals surface area contributed by atoms with Gasteiger partial charge in [-0.25, -0.2) is 13.8 Å². The molecule has 0 spiro atoms. The maximum Gasteiger partial charge on any atom is 0.263 e. The highest BCUT2D eigenvalue weighted by molar-refractivity contribution is 7.17. The molecule has 1 aromatic heterocycles. The van der Waals surface area contributed by atoms with Crippen LogP contribution in [0, 0.1) is 18.6 Å². The summed E-state index contributed by atoms with van der Waals surface area (Å²) in [4.78, 5) is 19.4. The van der Waals surface area contributed by atoms with Gasteiger partial charge >= 0.3 is 0 Å². The van der Waals surface area contributed by atoms with Crippen LogP contribution in [0.3, 0.4) is 0 Å². The van der Waals surface area contributed by atoms with Crippen molar-refractivity contribution in [2.75, 3.05) is 26.2 Å². The number of unbranched alkanes of at least 4 members (excludes halogenated alkanes) is 1. The lowest BCUT2D eigenvalue weighted by Crippen LogP contribution is -2.26. The molecule has 4 nitrogen and oxygen atoms in total. The fraction of sp³-hybridized carbons (Fsp3) is 0.474. The molecule has 0 unspecified atom stereocenters. The Kier molecular flexibility index (Phi) is 6.32. The Hall–Kier alpha value is -1.86. The average Bonchev–Trinajstić information content (AvgIpc) is 3.24. The van der Waals surface area contributed by atoms with Gasteiger partial charge in [-0.2, -0.15) is 0 Å². The van der Waals surface area contributed by atoms with Crippen LogP contribution in [0.1, 0.15) is 41.0 Å². The number of amides is 1. The maximum absolute atomic E-state index is 13.9. The minimum Gasteiger partial charge on any atom is -0.351 e. The van der Waals surface area contributed by atoms with E-state index in [0.717, 1.165) is 30.7 Å². The van der Waals surface area contributed by atoms with Gasteiger partial charge in [-0.15, -0.1) is 11.3 Å². The van der Waals surface area contributed by atoms with Crippen LogP contribution in [0.4, 0.5) is 8.78 Å². The normalized spacial score (nSPS) is 14.7. The summed E-state index contributed by atoms with van der Waals surface area (Å²) in [5, 5.41) is 3.08. The average molecular weight is 379 g/mol. The number of likely N-dealkylation sites (tertiary alicyclic amines) is 1. The third kappa shape index (κ3) is 4.45. The molecule has 26 heavy (non-hydrogen) atoms. The lowest BCUT2D eigenvalue weighted by molar-refractivity contribution is 0.0956. The zero-order chi connectivity index (χ0) is 18.5. The zero-order valence-corrected chi connectivity index (χ0v) is 15.7. The molecular weight excluding hydrogens is 356 g/mol. The summed E-state index contributed by atoms with van der Waals surface area (Å²) in [7, 11) is 0. The minimum atomic E-state index is -0.673. The molecule has 2 aromatic rings. The molecule has 1 N–H and O–H groups in total. The van der Waals surface area contributed by atoms with Gasteiger partial charge in [0.25, 0.3) is 5.91 Å². The Morgan fingerprint density at radius 1 is 1.23 bits per heavy atom. The van der Waals surface area contributed by atoms with Gasteiger partial charge in [0.2, 0.25) is 0 Å². The molecule has 1 amide bonds. The predicted octanol–water partition coefficient (Wildman–Crippen LogP) is 4.00. The molecule has 1 aliphatic heterocycles. The highest BCUT2D eigenvalue weighted by Gasteiger charge is 2.20. The van der Waals surface area contributed by atoms with Crippen molar-refractivity contribution in [3.05, 3.63) is 40.4 Å². The molecule has 0 aliphatic carbocycles. The molecule has 140 valence electrons. The van der Waals surface area contributed by atoms with Crippen LogP contribution < -0.4 is 5.32 Å². The molecule has 0 atom stereocenters. The van der Waals surface area contributed by atoms with E-state index in [4.69, 9.17) is 0 Å². The molecule has 0 saturated carbocycles. The summed E-state index contributed by atoms with van der Waals surface area (Å²) in [5.74, 6) is -1.58. The summed E-state index contributed by atoms with van der Waals surface area (Å²) in [5.41, 5.74) is 0.312. The van der Waals surface area contributed by atoms with Gasteiger partial charge in [-0.1, -0.05) is 6.07 Å². The van der Waals surface area contributed by atoms with Crippen molar-refractivity contribution in [3.63, 3.8) is 0 Å². The summed E-state index contributed by atoms with van der Waals surface area (Å²) in [6.07, 6.45) is 4.53. The first kappa shape index (κ1) is 18.9. The maximum atomic E-state index is 13.9. The van der Waals surface area contributed by atoms with Gasteiger partial charge in [-0.3, -0.25) is 4.79 Å². The molecule has 1 aliphatic rings. The van der Waals surface area contributed by atoms with Crippen LogP contribution in [0.25, 0.3) is 10.6 Å². The fourth-order valence-corrected chi connectivity index (χ4v) is 4.20. The number of nitrogens with one attached hydrogen (secondary N) is 1. The highest BCUT2D eigenvalue weighted by atomic mass is 32.1. The molecule has 0 radical (unpaired) electrons.